The number of hydrogen-bond donors (Lipinski definition) is 0. The Morgan fingerprint density at radius 2 is 0.891 bits per heavy atom. The highest BCUT2D eigenvalue weighted by molar-refractivity contribution is 6.30. The van der Waals surface area contributed by atoms with Gasteiger partial charge in [0.25, 0.3) is 0 Å². The van der Waals surface area contributed by atoms with Crippen LogP contribution in [0.25, 0.3) is 105 Å². The van der Waals surface area contributed by atoms with Crippen LogP contribution in [0.2, 0.25) is 0 Å². The van der Waals surface area contributed by atoms with E-state index >= 15 is 0 Å². The van der Waals surface area contributed by atoms with Crippen LogP contribution in [0.4, 0.5) is 0 Å². The quantitative estimate of drug-likeness (QED) is 0.179. The number of hydrogen-bond acceptors (Lipinski definition) is 2. The molecule has 0 atom stereocenters. The number of nitrogens with zero attached hydrogens (tertiary/aromatic N) is 3. The summed E-state index contributed by atoms with van der Waals surface area (Å²) in [6.45, 7) is 0. The smallest absolute Gasteiger partial charge is 0.235 e. The van der Waals surface area contributed by atoms with Crippen molar-refractivity contribution >= 4 is 54.3 Å². The molecule has 0 saturated carbocycles. The molecule has 0 spiro atoms. The third-order valence-corrected chi connectivity index (χ3v) is 11.0. The van der Waals surface area contributed by atoms with Crippen molar-refractivity contribution in [3.8, 4) is 50.6 Å². The topological polar surface area (TPSA) is 30.7 Å². The molecule has 0 fully saturated rings. The van der Waals surface area contributed by atoms with Crippen LogP contribution in [0, 0.1) is 0 Å². The summed E-state index contributed by atoms with van der Waals surface area (Å²) in [6.07, 6.45) is 0. The van der Waals surface area contributed by atoms with Crippen LogP contribution in [0.5, 0.6) is 0 Å². The van der Waals surface area contributed by atoms with Gasteiger partial charge in [-0.25, -0.2) is 9.97 Å². The summed E-state index contributed by atoms with van der Waals surface area (Å²) in [5, 5.41) is 8.31. The lowest BCUT2D eigenvalue weighted by Gasteiger charge is -2.14. The van der Waals surface area contributed by atoms with Gasteiger partial charge in [-0.3, -0.25) is 4.57 Å². The summed E-state index contributed by atoms with van der Waals surface area (Å²) in [4.78, 5) is 10.8. The summed E-state index contributed by atoms with van der Waals surface area (Å²) in [5.74, 6) is 0.651. The molecule has 0 aliphatic heterocycles. The number of benzene rings is 9. The van der Waals surface area contributed by atoms with Crippen molar-refractivity contribution in [1.29, 1.82) is 0 Å². The molecular weight excluding hydrogens is 667 g/mol. The summed E-state index contributed by atoms with van der Waals surface area (Å²) in [7, 11) is 0. The fraction of sp³-hybridized carbons (Fsp3) is 0. The molecule has 0 saturated heterocycles. The second-order valence-corrected chi connectivity index (χ2v) is 14.2. The van der Waals surface area contributed by atoms with Crippen molar-refractivity contribution in [3.63, 3.8) is 0 Å². The summed E-state index contributed by atoms with van der Waals surface area (Å²) in [5.41, 5.74) is 12.1. The largest absolute Gasteiger partial charge is 0.278 e. The van der Waals surface area contributed by atoms with Gasteiger partial charge in [-0.15, -0.1) is 0 Å². The number of rotatable bonds is 5. The lowest BCUT2D eigenvalue weighted by atomic mass is 9.94. The molecule has 256 valence electrons. The maximum atomic E-state index is 5.48. The van der Waals surface area contributed by atoms with E-state index in [1.165, 1.54) is 60.1 Å². The Morgan fingerprint density at radius 1 is 0.327 bits per heavy atom. The zero-order valence-corrected chi connectivity index (χ0v) is 29.9. The van der Waals surface area contributed by atoms with Crippen molar-refractivity contribution in [2.24, 2.45) is 0 Å². The number of fused-ring (bicyclic) bond motifs is 8. The van der Waals surface area contributed by atoms with E-state index in [4.69, 9.17) is 9.97 Å². The molecule has 11 aromatic rings. The Hall–Kier alpha value is -7.36. The van der Waals surface area contributed by atoms with Gasteiger partial charge in [0.2, 0.25) is 5.95 Å². The summed E-state index contributed by atoms with van der Waals surface area (Å²) in [6, 6.07) is 71.5. The van der Waals surface area contributed by atoms with Crippen LogP contribution < -0.4 is 0 Å². The Balaban J connectivity index is 1.16. The van der Waals surface area contributed by atoms with Crippen LogP contribution in [0.3, 0.4) is 0 Å². The minimum absolute atomic E-state index is 0.651. The fourth-order valence-electron chi connectivity index (χ4n) is 8.42. The lowest BCUT2D eigenvalue weighted by molar-refractivity contribution is 1.01. The van der Waals surface area contributed by atoms with Crippen molar-refractivity contribution < 1.29 is 0 Å². The SMILES string of the molecule is c1ccc(-c2cccc(-c3ccc(-c4nc(-n5c6ccc7ccccc7c6c6c7ccccc7c(-c7ccccc7)cc65)nc5ccccc45)cc3)c2)cc1. The standard InChI is InChI=1S/C52H33N3/c1-3-14-34(15-4-1)39-19-13-20-40(32-39)35-26-28-38(29-27-35)51-44-24-11-12-25-46(44)53-52(54-51)55-47-31-30-37-18-7-8-21-41(37)49(47)50-43-23-10-9-22-42(43)45(33-48(50)55)36-16-5-2-6-17-36/h1-33H. The molecule has 0 amide bonds. The van der Waals surface area contributed by atoms with Gasteiger partial charge in [0.05, 0.1) is 22.2 Å². The lowest BCUT2D eigenvalue weighted by Crippen LogP contribution is -2.03. The number of aromatic nitrogens is 3. The van der Waals surface area contributed by atoms with Crippen LogP contribution in [0.1, 0.15) is 0 Å². The first kappa shape index (κ1) is 31.2. The van der Waals surface area contributed by atoms with Crippen LogP contribution in [-0.2, 0) is 0 Å². The predicted octanol–water partition coefficient (Wildman–Crippen LogP) is 13.7. The minimum atomic E-state index is 0.651. The van der Waals surface area contributed by atoms with Crippen molar-refractivity contribution in [1.82, 2.24) is 14.5 Å². The zero-order chi connectivity index (χ0) is 36.3. The molecule has 0 aliphatic carbocycles. The molecule has 0 aliphatic rings. The maximum Gasteiger partial charge on any atom is 0.235 e. The average Bonchev–Trinajstić information content (AvgIpc) is 3.61. The summed E-state index contributed by atoms with van der Waals surface area (Å²) < 4.78 is 2.29. The van der Waals surface area contributed by atoms with Gasteiger partial charge in [-0.2, -0.15) is 0 Å². The highest BCUT2D eigenvalue weighted by atomic mass is 15.2. The molecule has 2 aromatic heterocycles. The van der Waals surface area contributed by atoms with E-state index in [0.717, 1.165) is 38.8 Å². The highest BCUT2D eigenvalue weighted by Gasteiger charge is 2.22. The molecule has 3 heteroatoms. The molecule has 3 nitrogen and oxygen atoms in total. The summed E-state index contributed by atoms with van der Waals surface area (Å²) >= 11 is 0. The third kappa shape index (κ3) is 5.13. The second-order valence-electron chi connectivity index (χ2n) is 14.2. The van der Waals surface area contributed by atoms with E-state index in [1.54, 1.807) is 0 Å². The van der Waals surface area contributed by atoms with E-state index < -0.39 is 0 Å². The van der Waals surface area contributed by atoms with Gasteiger partial charge >= 0.3 is 0 Å². The van der Waals surface area contributed by atoms with E-state index in [2.05, 4.69) is 205 Å². The first-order valence-electron chi connectivity index (χ1n) is 18.7. The molecule has 0 unspecified atom stereocenters. The van der Waals surface area contributed by atoms with Crippen molar-refractivity contribution in [3.05, 3.63) is 200 Å². The van der Waals surface area contributed by atoms with Gasteiger partial charge < -0.3 is 0 Å². The molecule has 55 heavy (non-hydrogen) atoms. The van der Waals surface area contributed by atoms with E-state index in [1.807, 2.05) is 0 Å². The average molecular weight is 700 g/mol. The highest BCUT2D eigenvalue weighted by Crippen LogP contribution is 2.44. The normalized spacial score (nSPS) is 11.6. The number of para-hydroxylation sites is 1. The Labute approximate surface area is 318 Å². The molecule has 0 bridgehead atoms. The Kier molecular flexibility index (Phi) is 7.17. The molecule has 9 aromatic carbocycles. The second kappa shape index (κ2) is 12.6. The van der Waals surface area contributed by atoms with Gasteiger partial charge in [0, 0.05) is 21.7 Å². The van der Waals surface area contributed by atoms with Gasteiger partial charge in [-0.05, 0) is 79.2 Å². The van der Waals surface area contributed by atoms with Gasteiger partial charge in [0.1, 0.15) is 0 Å². The van der Waals surface area contributed by atoms with Gasteiger partial charge in [-0.1, -0.05) is 176 Å². The van der Waals surface area contributed by atoms with Crippen molar-refractivity contribution in [2.75, 3.05) is 0 Å². The molecule has 11 rings (SSSR count). The predicted molar refractivity (Wildman–Crippen MR) is 231 cm³/mol. The zero-order valence-electron chi connectivity index (χ0n) is 29.9. The Morgan fingerprint density at radius 3 is 1.65 bits per heavy atom. The molecule has 0 radical (unpaired) electrons. The monoisotopic (exact) mass is 699 g/mol. The van der Waals surface area contributed by atoms with Crippen LogP contribution in [-0.4, -0.2) is 14.5 Å². The first-order valence-corrected chi connectivity index (χ1v) is 18.7. The fourth-order valence-corrected chi connectivity index (χ4v) is 8.42. The molecular formula is C52H33N3. The van der Waals surface area contributed by atoms with Crippen molar-refractivity contribution in [2.45, 2.75) is 0 Å². The Bertz CT molecular complexity index is 3230. The third-order valence-electron chi connectivity index (χ3n) is 11.0. The van der Waals surface area contributed by atoms with Crippen LogP contribution in [0.15, 0.2) is 200 Å². The van der Waals surface area contributed by atoms with E-state index in [0.29, 0.717) is 5.95 Å². The van der Waals surface area contributed by atoms with E-state index in [9.17, 15) is 0 Å². The van der Waals surface area contributed by atoms with Crippen LogP contribution >= 0.6 is 0 Å². The molecule has 0 N–H and O–H groups in total. The van der Waals surface area contributed by atoms with E-state index in [-0.39, 0.29) is 0 Å². The maximum absolute atomic E-state index is 5.48. The van der Waals surface area contributed by atoms with Gasteiger partial charge in [0.15, 0.2) is 0 Å². The first-order chi connectivity index (χ1) is 27.3. The minimum Gasteiger partial charge on any atom is -0.278 e. The molecule has 2 heterocycles.